The molecular weight excluding hydrogens is 204 g/mol. The zero-order valence-corrected chi connectivity index (χ0v) is 9.99. The molecule has 0 radical (unpaired) electrons. The molecule has 0 aromatic heterocycles. The summed E-state index contributed by atoms with van der Waals surface area (Å²) in [6, 6.07) is 7.88. The molecule has 3 nitrogen and oxygen atoms in total. The Kier molecular flexibility index (Phi) is 4.07. The Balaban J connectivity index is 2.93. The lowest BCUT2D eigenvalue weighted by Crippen LogP contribution is -2.21. The van der Waals surface area contributed by atoms with Crippen LogP contribution in [0.15, 0.2) is 24.3 Å². The maximum Gasteiger partial charge on any atom is 0.304 e. The maximum atomic E-state index is 10.8. The molecule has 16 heavy (non-hydrogen) atoms. The first kappa shape index (κ1) is 12.7. The summed E-state index contributed by atoms with van der Waals surface area (Å²) in [6.07, 6.45) is 0.128. The van der Waals surface area contributed by atoms with Gasteiger partial charge in [0, 0.05) is 12.5 Å². The van der Waals surface area contributed by atoms with E-state index in [1.54, 1.807) is 7.11 Å². The van der Waals surface area contributed by atoms with Crippen molar-refractivity contribution in [2.45, 2.75) is 32.3 Å². The molecule has 0 saturated carbocycles. The molecule has 1 aromatic carbocycles. The normalized spacial score (nSPS) is 11.4. The molecule has 0 aliphatic rings. The first-order chi connectivity index (χ1) is 7.45. The van der Waals surface area contributed by atoms with Crippen LogP contribution >= 0.6 is 0 Å². The number of carboxylic acids is 1. The number of hydrogen-bond donors (Lipinski definition) is 1. The quantitative estimate of drug-likeness (QED) is 0.833. The van der Waals surface area contributed by atoms with Gasteiger partial charge in [0.15, 0.2) is 0 Å². The Morgan fingerprint density at radius 2 is 2.12 bits per heavy atom. The number of aliphatic carboxylic acids is 1. The first-order valence-corrected chi connectivity index (χ1v) is 5.26. The van der Waals surface area contributed by atoms with Crippen LogP contribution in [-0.2, 0) is 21.6 Å². The zero-order valence-electron chi connectivity index (χ0n) is 9.99. The van der Waals surface area contributed by atoms with E-state index in [0.29, 0.717) is 6.61 Å². The van der Waals surface area contributed by atoms with Crippen molar-refractivity contribution in [1.82, 2.24) is 0 Å². The third kappa shape index (κ3) is 3.35. The Hall–Kier alpha value is -1.35. The number of hydrogen-bond acceptors (Lipinski definition) is 2. The lowest BCUT2D eigenvalue weighted by molar-refractivity contribution is -0.138. The molecule has 0 spiro atoms. The fraction of sp³-hybridized carbons (Fsp3) is 0.462. The number of rotatable bonds is 5. The second kappa shape index (κ2) is 5.12. The Morgan fingerprint density at radius 3 is 2.69 bits per heavy atom. The highest BCUT2D eigenvalue weighted by Gasteiger charge is 2.24. The van der Waals surface area contributed by atoms with Crippen molar-refractivity contribution in [3.05, 3.63) is 35.4 Å². The Morgan fingerprint density at radius 1 is 1.44 bits per heavy atom. The van der Waals surface area contributed by atoms with Crippen LogP contribution in [0.25, 0.3) is 0 Å². The molecule has 0 heterocycles. The summed E-state index contributed by atoms with van der Waals surface area (Å²) in [6.45, 7) is 4.43. The molecule has 0 aliphatic heterocycles. The highest BCUT2D eigenvalue weighted by Crippen LogP contribution is 2.27. The van der Waals surface area contributed by atoms with E-state index in [1.807, 2.05) is 38.1 Å². The van der Waals surface area contributed by atoms with Crippen molar-refractivity contribution >= 4 is 5.97 Å². The van der Waals surface area contributed by atoms with Crippen molar-refractivity contribution < 1.29 is 14.6 Å². The fourth-order valence-electron chi connectivity index (χ4n) is 1.73. The monoisotopic (exact) mass is 222 g/mol. The largest absolute Gasteiger partial charge is 0.481 e. The summed E-state index contributed by atoms with van der Waals surface area (Å²) in [5.41, 5.74) is 1.75. The molecule has 0 atom stereocenters. The standard InChI is InChI=1S/C13H18O3/c1-13(2,8-12(14)15)11-6-4-5-10(7-11)9-16-3/h4-7H,8-9H2,1-3H3,(H,14,15). The molecule has 1 aromatic rings. The SMILES string of the molecule is COCc1cccc(C(C)(C)CC(=O)O)c1. The van der Waals surface area contributed by atoms with Crippen molar-refractivity contribution in [3.8, 4) is 0 Å². The van der Waals surface area contributed by atoms with E-state index in [9.17, 15) is 4.79 Å². The topological polar surface area (TPSA) is 46.5 Å². The average molecular weight is 222 g/mol. The van der Waals surface area contributed by atoms with Gasteiger partial charge >= 0.3 is 5.97 Å². The van der Waals surface area contributed by atoms with Gasteiger partial charge in [0.25, 0.3) is 0 Å². The van der Waals surface area contributed by atoms with Gasteiger partial charge in [0.05, 0.1) is 13.0 Å². The van der Waals surface area contributed by atoms with Gasteiger partial charge in [-0.2, -0.15) is 0 Å². The third-order valence-electron chi connectivity index (χ3n) is 2.61. The minimum Gasteiger partial charge on any atom is -0.481 e. The summed E-state index contributed by atoms with van der Waals surface area (Å²) in [5.74, 6) is -0.776. The maximum absolute atomic E-state index is 10.8. The summed E-state index contributed by atoms with van der Waals surface area (Å²) >= 11 is 0. The molecule has 88 valence electrons. The molecule has 0 bridgehead atoms. The number of benzene rings is 1. The predicted molar refractivity (Wildman–Crippen MR) is 62.4 cm³/mol. The van der Waals surface area contributed by atoms with Crippen LogP contribution in [-0.4, -0.2) is 18.2 Å². The van der Waals surface area contributed by atoms with Gasteiger partial charge in [0.1, 0.15) is 0 Å². The van der Waals surface area contributed by atoms with Crippen LogP contribution in [0.3, 0.4) is 0 Å². The second-order valence-corrected chi connectivity index (χ2v) is 4.59. The van der Waals surface area contributed by atoms with Gasteiger partial charge in [-0.15, -0.1) is 0 Å². The highest BCUT2D eigenvalue weighted by atomic mass is 16.5. The minimum absolute atomic E-state index is 0.128. The van der Waals surface area contributed by atoms with E-state index >= 15 is 0 Å². The van der Waals surface area contributed by atoms with Gasteiger partial charge in [-0.3, -0.25) is 4.79 Å². The summed E-state index contributed by atoms with van der Waals surface area (Å²) in [5, 5.41) is 8.86. The molecule has 3 heteroatoms. The van der Waals surface area contributed by atoms with Crippen LogP contribution in [0.2, 0.25) is 0 Å². The predicted octanol–water partition coefficient (Wildman–Crippen LogP) is 2.59. The van der Waals surface area contributed by atoms with E-state index in [1.165, 1.54) is 0 Å². The number of carbonyl (C=O) groups is 1. The lowest BCUT2D eigenvalue weighted by atomic mass is 9.81. The van der Waals surface area contributed by atoms with Gasteiger partial charge in [0.2, 0.25) is 0 Å². The van der Waals surface area contributed by atoms with Gasteiger partial charge in [-0.25, -0.2) is 0 Å². The van der Waals surface area contributed by atoms with E-state index in [2.05, 4.69) is 0 Å². The third-order valence-corrected chi connectivity index (χ3v) is 2.61. The highest BCUT2D eigenvalue weighted by molar-refractivity contribution is 5.68. The molecule has 0 aliphatic carbocycles. The van der Waals surface area contributed by atoms with Gasteiger partial charge in [-0.1, -0.05) is 38.1 Å². The smallest absolute Gasteiger partial charge is 0.304 e. The number of carboxylic acid groups (broad SMARTS) is 1. The fourth-order valence-corrected chi connectivity index (χ4v) is 1.73. The molecular formula is C13H18O3. The first-order valence-electron chi connectivity index (χ1n) is 5.26. The lowest BCUT2D eigenvalue weighted by Gasteiger charge is -2.23. The van der Waals surface area contributed by atoms with Crippen LogP contribution in [0.5, 0.6) is 0 Å². The second-order valence-electron chi connectivity index (χ2n) is 4.59. The minimum atomic E-state index is -0.776. The van der Waals surface area contributed by atoms with Gasteiger partial charge < -0.3 is 9.84 Å². The van der Waals surface area contributed by atoms with Crippen molar-refractivity contribution in [2.24, 2.45) is 0 Å². The van der Waals surface area contributed by atoms with E-state index < -0.39 is 5.97 Å². The molecule has 0 fully saturated rings. The van der Waals surface area contributed by atoms with Crippen molar-refractivity contribution in [2.75, 3.05) is 7.11 Å². The van der Waals surface area contributed by atoms with Crippen molar-refractivity contribution in [3.63, 3.8) is 0 Å². The van der Waals surface area contributed by atoms with Crippen LogP contribution in [0.4, 0.5) is 0 Å². The summed E-state index contributed by atoms with van der Waals surface area (Å²) in [4.78, 5) is 10.8. The van der Waals surface area contributed by atoms with E-state index in [4.69, 9.17) is 9.84 Å². The Labute approximate surface area is 96.1 Å². The van der Waals surface area contributed by atoms with Crippen LogP contribution < -0.4 is 0 Å². The van der Waals surface area contributed by atoms with Gasteiger partial charge in [-0.05, 0) is 11.1 Å². The number of methoxy groups -OCH3 is 1. The van der Waals surface area contributed by atoms with Crippen molar-refractivity contribution in [1.29, 1.82) is 0 Å². The summed E-state index contributed by atoms with van der Waals surface area (Å²) in [7, 11) is 1.65. The molecule has 1 rings (SSSR count). The molecule has 0 unspecified atom stereocenters. The van der Waals surface area contributed by atoms with E-state index in [0.717, 1.165) is 11.1 Å². The van der Waals surface area contributed by atoms with Crippen LogP contribution in [0, 0.1) is 0 Å². The summed E-state index contributed by atoms with van der Waals surface area (Å²) < 4.78 is 5.06. The van der Waals surface area contributed by atoms with E-state index in [-0.39, 0.29) is 11.8 Å². The van der Waals surface area contributed by atoms with Crippen LogP contribution in [0.1, 0.15) is 31.4 Å². The molecule has 0 amide bonds. The zero-order chi connectivity index (χ0) is 12.2. The molecule has 1 N–H and O–H groups in total. The number of ether oxygens (including phenoxy) is 1. The molecule has 0 saturated heterocycles. The average Bonchev–Trinajstić information content (AvgIpc) is 2.16. The Bertz CT molecular complexity index is 369.